The Morgan fingerprint density at radius 1 is 1.10 bits per heavy atom. The van der Waals surface area contributed by atoms with Gasteiger partial charge in [-0.15, -0.1) is 0 Å². The molecule has 0 aliphatic heterocycles. The summed E-state index contributed by atoms with van der Waals surface area (Å²) in [5.74, 6) is 0. The smallest absolute Gasteiger partial charge is 0.143 e. The summed E-state index contributed by atoms with van der Waals surface area (Å²) >= 11 is 0. The van der Waals surface area contributed by atoms with Crippen molar-refractivity contribution < 1.29 is 4.79 Å². The van der Waals surface area contributed by atoms with Gasteiger partial charge >= 0.3 is 0 Å². The lowest BCUT2D eigenvalue weighted by Gasteiger charge is -2.32. The molecule has 0 unspecified atom stereocenters. The van der Waals surface area contributed by atoms with Crippen LogP contribution < -0.4 is 0 Å². The molecule has 0 fully saturated rings. The van der Waals surface area contributed by atoms with E-state index in [-0.39, 0.29) is 5.41 Å². The second-order valence-corrected chi connectivity index (χ2v) is 6.58. The van der Waals surface area contributed by atoms with Gasteiger partial charge in [0.15, 0.2) is 0 Å². The van der Waals surface area contributed by atoms with E-state index in [4.69, 9.17) is 0 Å². The highest BCUT2D eigenvalue weighted by Crippen LogP contribution is 2.40. The zero-order valence-electron chi connectivity index (χ0n) is 14.1. The number of aldehydes is 1. The molecule has 114 valence electrons. The van der Waals surface area contributed by atoms with Gasteiger partial charge in [-0.05, 0) is 62.7 Å². The molecule has 0 aromatic rings. The average molecular weight is 284 g/mol. The minimum Gasteiger partial charge on any atom is -0.299 e. The van der Waals surface area contributed by atoms with E-state index in [1.54, 1.807) is 6.08 Å². The van der Waals surface area contributed by atoms with Crippen LogP contribution in [-0.4, -0.2) is 6.29 Å². The van der Waals surface area contributed by atoms with E-state index < -0.39 is 0 Å². The molecule has 0 radical (unpaired) electrons. The van der Waals surface area contributed by atoms with Crippen molar-refractivity contribution in [1.82, 2.24) is 0 Å². The third-order valence-corrected chi connectivity index (χ3v) is 4.10. The lowest BCUT2D eigenvalue weighted by atomic mass is 9.72. The first-order valence-electron chi connectivity index (χ1n) is 7.72. The summed E-state index contributed by atoms with van der Waals surface area (Å²) < 4.78 is 0. The molecule has 0 aromatic carbocycles. The van der Waals surface area contributed by atoms with Crippen LogP contribution in [0.5, 0.6) is 0 Å². The Hall–Kier alpha value is -1.63. The molecule has 1 nitrogen and oxygen atoms in total. The molecule has 0 heterocycles. The molecule has 1 aliphatic carbocycles. The van der Waals surface area contributed by atoms with Gasteiger partial charge in [0, 0.05) is 0 Å². The number of hydrogen-bond donors (Lipinski definition) is 0. The zero-order valence-corrected chi connectivity index (χ0v) is 14.1. The SMILES string of the molecule is CC1=C(\C=C/C(C)=C\C=C/C(C)=C/C=O)C(C)(C)CCC1. The van der Waals surface area contributed by atoms with Crippen LogP contribution >= 0.6 is 0 Å². The molecule has 1 rings (SSSR count). The maximum Gasteiger partial charge on any atom is 0.143 e. The van der Waals surface area contributed by atoms with E-state index in [1.165, 1.54) is 36.0 Å². The fourth-order valence-corrected chi connectivity index (χ4v) is 2.80. The van der Waals surface area contributed by atoms with Crippen molar-refractivity contribution in [3.8, 4) is 0 Å². The quantitative estimate of drug-likeness (QED) is 0.358. The molecule has 1 heteroatoms. The third kappa shape index (κ3) is 5.71. The maximum absolute atomic E-state index is 10.3. The van der Waals surface area contributed by atoms with E-state index in [2.05, 4.69) is 45.9 Å². The molecular formula is C20H28O. The normalized spacial score (nSPS) is 20.6. The van der Waals surface area contributed by atoms with E-state index in [9.17, 15) is 4.79 Å². The monoisotopic (exact) mass is 284 g/mol. The second kappa shape index (κ2) is 7.97. The average Bonchev–Trinajstić information content (AvgIpc) is 2.37. The van der Waals surface area contributed by atoms with Crippen molar-refractivity contribution >= 4 is 6.29 Å². The number of allylic oxidation sites excluding steroid dienone is 10. The van der Waals surface area contributed by atoms with E-state index in [0.717, 1.165) is 11.9 Å². The van der Waals surface area contributed by atoms with Gasteiger partial charge in [-0.1, -0.05) is 55.4 Å². The third-order valence-electron chi connectivity index (χ3n) is 4.10. The number of carbonyl (C=O) groups excluding carboxylic acids is 1. The van der Waals surface area contributed by atoms with Gasteiger partial charge in [0.1, 0.15) is 6.29 Å². The van der Waals surface area contributed by atoms with Crippen LogP contribution in [-0.2, 0) is 4.79 Å². The highest BCUT2D eigenvalue weighted by molar-refractivity contribution is 5.66. The standard InChI is InChI=1S/C20H28O/c1-16(8-6-9-17(2)13-15-21)11-12-19-18(3)10-7-14-20(19,4)5/h6,8-9,11-13,15H,7,10,14H2,1-5H3/b9-6-,12-11-,16-8-,17-13+. The molecule has 21 heavy (non-hydrogen) atoms. The van der Waals surface area contributed by atoms with Gasteiger partial charge in [-0.2, -0.15) is 0 Å². The van der Waals surface area contributed by atoms with Gasteiger partial charge in [-0.25, -0.2) is 0 Å². The summed E-state index contributed by atoms with van der Waals surface area (Å²) in [4.78, 5) is 10.3. The van der Waals surface area contributed by atoms with Crippen molar-refractivity contribution in [2.75, 3.05) is 0 Å². The van der Waals surface area contributed by atoms with Gasteiger partial charge in [-0.3, -0.25) is 4.79 Å². The molecule has 0 atom stereocenters. The van der Waals surface area contributed by atoms with Gasteiger partial charge in [0.05, 0.1) is 0 Å². The summed E-state index contributed by atoms with van der Waals surface area (Å²) in [7, 11) is 0. The molecule has 0 spiro atoms. The molecule has 0 saturated heterocycles. The molecule has 0 amide bonds. The number of carbonyl (C=O) groups is 1. The molecule has 0 bridgehead atoms. The Bertz CT molecular complexity index is 522. The van der Waals surface area contributed by atoms with Crippen LogP contribution in [0, 0.1) is 5.41 Å². The highest BCUT2D eigenvalue weighted by Gasteiger charge is 2.26. The van der Waals surface area contributed by atoms with Crippen molar-refractivity contribution in [3.05, 3.63) is 58.7 Å². The molecule has 0 N–H and O–H groups in total. The topological polar surface area (TPSA) is 17.1 Å². The molecule has 0 aromatic heterocycles. The first kappa shape index (κ1) is 17.4. The van der Waals surface area contributed by atoms with Crippen molar-refractivity contribution in [2.24, 2.45) is 5.41 Å². The fraction of sp³-hybridized carbons (Fsp3) is 0.450. The van der Waals surface area contributed by atoms with Crippen LogP contribution in [0.1, 0.15) is 53.9 Å². The fourth-order valence-electron chi connectivity index (χ4n) is 2.80. The van der Waals surface area contributed by atoms with Gasteiger partial charge in [0.25, 0.3) is 0 Å². The first-order chi connectivity index (χ1) is 9.86. The van der Waals surface area contributed by atoms with Crippen LogP contribution in [0.15, 0.2) is 58.7 Å². The summed E-state index contributed by atoms with van der Waals surface area (Å²) in [5.41, 5.74) is 5.48. The Balaban J connectivity index is 2.80. The Kier molecular flexibility index (Phi) is 6.61. The molecular weight excluding hydrogens is 256 g/mol. The lowest BCUT2D eigenvalue weighted by molar-refractivity contribution is -0.104. The van der Waals surface area contributed by atoms with Crippen molar-refractivity contribution in [3.63, 3.8) is 0 Å². The van der Waals surface area contributed by atoms with E-state index >= 15 is 0 Å². The molecule has 0 saturated carbocycles. The summed E-state index contributed by atoms with van der Waals surface area (Å²) in [6.07, 6.45) is 16.6. The number of hydrogen-bond acceptors (Lipinski definition) is 1. The Morgan fingerprint density at radius 2 is 1.76 bits per heavy atom. The zero-order chi connectivity index (χ0) is 15.9. The van der Waals surface area contributed by atoms with Crippen molar-refractivity contribution in [2.45, 2.75) is 53.9 Å². The summed E-state index contributed by atoms with van der Waals surface area (Å²) in [6.45, 7) is 10.9. The Morgan fingerprint density at radius 3 is 2.38 bits per heavy atom. The minimum atomic E-state index is 0.290. The van der Waals surface area contributed by atoms with Gasteiger partial charge < -0.3 is 0 Å². The lowest BCUT2D eigenvalue weighted by Crippen LogP contribution is -2.19. The summed E-state index contributed by atoms with van der Waals surface area (Å²) in [5, 5.41) is 0. The summed E-state index contributed by atoms with van der Waals surface area (Å²) in [6, 6.07) is 0. The van der Waals surface area contributed by atoms with E-state index in [1.807, 2.05) is 19.1 Å². The van der Waals surface area contributed by atoms with Gasteiger partial charge in [0.2, 0.25) is 0 Å². The molecule has 1 aliphatic rings. The van der Waals surface area contributed by atoms with Crippen LogP contribution in [0.4, 0.5) is 0 Å². The van der Waals surface area contributed by atoms with Crippen LogP contribution in [0.3, 0.4) is 0 Å². The van der Waals surface area contributed by atoms with Crippen LogP contribution in [0.25, 0.3) is 0 Å². The number of rotatable bonds is 5. The van der Waals surface area contributed by atoms with Crippen LogP contribution in [0.2, 0.25) is 0 Å². The maximum atomic E-state index is 10.3. The first-order valence-corrected chi connectivity index (χ1v) is 7.72. The highest BCUT2D eigenvalue weighted by atomic mass is 16.1. The predicted octanol–water partition coefficient (Wildman–Crippen LogP) is 5.72. The minimum absolute atomic E-state index is 0.290. The van der Waals surface area contributed by atoms with E-state index in [0.29, 0.717) is 0 Å². The Labute approximate surface area is 129 Å². The predicted molar refractivity (Wildman–Crippen MR) is 92.2 cm³/mol. The van der Waals surface area contributed by atoms with Crippen molar-refractivity contribution in [1.29, 1.82) is 0 Å². The largest absolute Gasteiger partial charge is 0.299 e. The second-order valence-electron chi connectivity index (χ2n) is 6.58.